The molecule has 0 atom stereocenters. The fraction of sp³-hybridized carbons (Fsp3) is 0.273. The first-order valence-corrected chi connectivity index (χ1v) is 9.69. The number of aromatic amines is 1. The normalized spacial score (nSPS) is 10.9. The van der Waals surface area contributed by atoms with Gasteiger partial charge in [-0.05, 0) is 61.2 Å². The molecule has 0 aliphatic carbocycles. The molecule has 6 nitrogen and oxygen atoms in total. The van der Waals surface area contributed by atoms with Gasteiger partial charge in [0.25, 0.3) is 5.56 Å². The number of pyridine rings is 1. The maximum atomic E-state index is 12.8. The van der Waals surface area contributed by atoms with Crippen molar-refractivity contribution in [1.82, 2.24) is 9.88 Å². The van der Waals surface area contributed by atoms with E-state index in [0.717, 1.165) is 22.0 Å². The molecule has 152 valence electrons. The Morgan fingerprint density at radius 1 is 1.17 bits per heavy atom. The molecular weight excluding hydrogens is 390 g/mol. The van der Waals surface area contributed by atoms with Gasteiger partial charge < -0.3 is 19.9 Å². The van der Waals surface area contributed by atoms with E-state index in [1.807, 2.05) is 32.0 Å². The number of methoxy groups -OCH3 is 1. The van der Waals surface area contributed by atoms with Crippen molar-refractivity contribution >= 4 is 34.2 Å². The van der Waals surface area contributed by atoms with Crippen LogP contribution in [0.2, 0.25) is 5.02 Å². The highest BCUT2D eigenvalue weighted by Crippen LogP contribution is 2.19. The van der Waals surface area contributed by atoms with Gasteiger partial charge in [-0.3, -0.25) is 4.79 Å². The van der Waals surface area contributed by atoms with Crippen molar-refractivity contribution in [3.05, 3.63) is 74.5 Å². The standard InChI is InChI=1S/C22H24ClN3O3/c1-14-10-15(2)20-16(11-14)12-17(21(27)25-20)13-26(8-9-29-3)22(28)24-19-6-4-18(23)5-7-19/h4-7,10-12H,8-9,13H2,1-3H3,(H,24,28)(H,25,27). The van der Waals surface area contributed by atoms with Crippen molar-refractivity contribution in [2.75, 3.05) is 25.6 Å². The second kappa shape index (κ2) is 9.11. The van der Waals surface area contributed by atoms with Crippen molar-refractivity contribution in [2.45, 2.75) is 20.4 Å². The third-order valence-electron chi connectivity index (χ3n) is 4.68. The number of rotatable bonds is 6. The highest BCUT2D eigenvalue weighted by Gasteiger charge is 2.17. The molecule has 1 aromatic heterocycles. The van der Waals surface area contributed by atoms with Gasteiger partial charge in [-0.15, -0.1) is 0 Å². The minimum Gasteiger partial charge on any atom is -0.383 e. The quantitative estimate of drug-likeness (QED) is 0.625. The van der Waals surface area contributed by atoms with Crippen LogP contribution in [0.25, 0.3) is 10.9 Å². The van der Waals surface area contributed by atoms with Gasteiger partial charge in [0.1, 0.15) is 0 Å². The van der Waals surface area contributed by atoms with Crippen LogP contribution in [-0.4, -0.2) is 36.2 Å². The monoisotopic (exact) mass is 413 g/mol. The number of anilines is 1. The molecule has 1 heterocycles. The number of fused-ring (bicyclic) bond motifs is 1. The van der Waals surface area contributed by atoms with Gasteiger partial charge in [0.05, 0.1) is 18.7 Å². The van der Waals surface area contributed by atoms with Crippen LogP contribution in [0.4, 0.5) is 10.5 Å². The molecule has 3 aromatic rings. The molecule has 0 saturated heterocycles. The molecule has 2 aromatic carbocycles. The summed E-state index contributed by atoms with van der Waals surface area (Å²) in [4.78, 5) is 29.9. The fourth-order valence-electron chi connectivity index (χ4n) is 3.24. The summed E-state index contributed by atoms with van der Waals surface area (Å²) in [6.45, 7) is 4.86. The maximum Gasteiger partial charge on any atom is 0.322 e. The molecular formula is C22H24ClN3O3. The largest absolute Gasteiger partial charge is 0.383 e. The lowest BCUT2D eigenvalue weighted by Crippen LogP contribution is -2.38. The first-order chi connectivity index (χ1) is 13.9. The van der Waals surface area contributed by atoms with E-state index >= 15 is 0 Å². The Kier molecular flexibility index (Phi) is 6.56. The number of hydrogen-bond donors (Lipinski definition) is 2. The van der Waals surface area contributed by atoms with Crippen molar-refractivity contribution in [3.8, 4) is 0 Å². The molecule has 0 radical (unpaired) electrons. The van der Waals surface area contributed by atoms with Gasteiger partial charge in [-0.2, -0.15) is 0 Å². The smallest absolute Gasteiger partial charge is 0.322 e. The zero-order valence-electron chi connectivity index (χ0n) is 16.7. The Morgan fingerprint density at radius 2 is 1.90 bits per heavy atom. The molecule has 0 saturated carbocycles. The number of aryl methyl sites for hydroxylation is 2. The second-order valence-corrected chi connectivity index (χ2v) is 7.46. The molecule has 2 amide bonds. The Morgan fingerprint density at radius 3 is 2.59 bits per heavy atom. The minimum absolute atomic E-state index is 0.168. The number of ether oxygens (including phenoxy) is 1. The number of urea groups is 1. The Labute approximate surface area is 174 Å². The first-order valence-electron chi connectivity index (χ1n) is 9.31. The molecule has 0 fully saturated rings. The zero-order valence-corrected chi connectivity index (χ0v) is 17.5. The van der Waals surface area contributed by atoms with Crippen LogP contribution in [0.15, 0.2) is 47.3 Å². The summed E-state index contributed by atoms with van der Waals surface area (Å²) in [7, 11) is 1.57. The zero-order chi connectivity index (χ0) is 21.0. The van der Waals surface area contributed by atoms with E-state index in [2.05, 4.69) is 10.3 Å². The number of benzene rings is 2. The number of halogens is 1. The number of carbonyl (C=O) groups excluding carboxylic acids is 1. The summed E-state index contributed by atoms with van der Waals surface area (Å²) in [6.07, 6.45) is 0. The third-order valence-corrected chi connectivity index (χ3v) is 4.93. The number of H-pyrrole nitrogens is 1. The van der Waals surface area contributed by atoms with Crippen LogP contribution in [0.5, 0.6) is 0 Å². The number of nitrogens with zero attached hydrogens (tertiary/aromatic N) is 1. The van der Waals surface area contributed by atoms with Crippen molar-refractivity contribution < 1.29 is 9.53 Å². The van der Waals surface area contributed by atoms with Crippen molar-refractivity contribution in [1.29, 1.82) is 0 Å². The Hall–Kier alpha value is -2.83. The summed E-state index contributed by atoms with van der Waals surface area (Å²) in [5.74, 6) is 0. The lowest BCUT2D eigenvalue weighted by molar-refractivity contribution is 0.152. The first kappa shape index (κ1) is 20.9. The predicted octanol–water partition coefficient (Wildman–Crippen LogP) is 4.48. The van der Waals surface area contributed by atoms with E-state index < -0.39 is 0 Å². The van der Waals surface area contributed by atoms with Crippen LogP contribution in [0.3, 0.4) is 0 Å². The number of aromatic nitrogens is 1. The minimum atomic E-state index is -0.315. The molecule has 0 unspecified atom stereocenters. The van der Waals surface area contributed by atoms with Crippen molar-refractivity contribution in [3.63, 3.8) is 0 Å². The van der Waals surface area contributed by atoms with Gasteiger partial charge in [0.2, 0.25) is 0 Å². The van der Waals surface area contributed by atoms with E-state index in [1.54, 1.807) is 36.3 Å². The lowest BCUT2D eigenvalue weighted by Gasteiger charge is -2.23. The average molecular weight is 414 g/mol. The third kappa shape index (κ3) is 5.16. The summed E-state index contributed by atoms with van der Waals surface area (Å²) in [6, 6.07) is 12.4. The molecule has 2 N–H and O–H groups in total. The van der Waals surface area contributed by atoms with Gasteiger partial charge in [0.15, 0.2) is 0 Å². The van der Waals surface area contributed by atoms with Crippen LogP contribution in [-0.2, 0) is 11.3 Å². The molecule has 29 heavy (non-hydrogen) atoms. The van der Waals surface area contributed by atoms with Gasteiger partial charge >= 0.3 is 6.03 Å². The van der Waals surface area contributed by atoms with Gasteiger partial charge in [-0.25, -0.2) is 4.79 Å². The molecule has 3 rings (SSSR count). The second-order valence-electron chi connectivity index (χ2n) is 7.02. The van der Waals surface area contributed by atoms with E-state index in [1.165, 1.54) is 0 Å². The van der Waals surface area contributed by atoms with Crippen LogP contribution in [0.1, 0.15) is 16.7 Å². The molecule has 0 aliphatic heterocycles. The number of carbonyl (C=O) groups is 1. The Balaban J connectivity index is 1.87. The molecule has 0 bridgehead atoms. The number of nitrogens with one attached hydrogen (secondary N) is 2. The van der Waals surface area contributed by atoms with E-state index in [0.29, 0.717) is 29.4 Å². The van der Waals surface area contributed by atoms with Crippen LogP contribution in [0, 0.1) is 13.8 Å². The molecule has 0 spiro atoms. The topological polar surface area (TPSA) is 74.4 Å². The van der Waals surface area contributed by atoms with Crippen LogP contribution >= 0.6 is 11.6 Å². The highest BCUT2D eigenvalue weighted by molar-refractivity contribution is 6.30. The molecule has 0 aliphatic rings. The summed E-state index contributed by atoms with van der Waals surface area (Å²) >= 11 is 5.90. The summed E-state index contributed by atoms with van der Waals surface area (Å²) in [5.41, 5.74) is 3.89. The van der Waals surface area contributed by atoms with Crippen LogP contribution < -0.4 is 10.9 Å². The highest BCUT2D eigenvalue weighted by atomic mass is 35.5. The van der Waals surface area contributed by atoms with E-state index in [9.17, 15) is 9.59 Å². The molecule has 7 heteroatoms. The van der Waals surface area contributed by atoms with E-state index in [-0.39, 0.29) is 18.1 Å². The van der Waals surface area contributed by atoms with Gasteiger partial charge in [-0.1, -0.05) is 23.2 Å². The van der Waals surface area contributed by atoms with Gasteiger partial charge in [0, 0.05) is 29.9 Å². The average Bonchev–Trinajstić information content (AvgIpc) is 2.67. The maximum absolute atomic E-state index is 12.8. The predicted molar refractivity (Wildman–Crippen MR) is 117 cm³/mol. The summed E-state index contributed by atoms with van der Waals surface area (Å²) in [5, 5.41) is 4.37. The van der Waals surface area contributed by atoms with E-state index in [4.69, 9.17) is 16.3 Å². The Bertz CT molecular complexity index is 1080. The van der Waals surface area contributed by atoms with Crippen molar-refractivity contribution in [2.24, 2.45) is 0 Å². The SMILES string of the molecule is COCCN(Cc1cc2cc(C)cc(C)c2[nH]c1=O)C(=O)Nc1ccc(Cl)cc1. The lowest BCUT2D eigenvalue weighted by atomic mass is 10.1. The number of amides is 2. The summed E-state index contributed by atoms with van der Waals surface area (Å²) < 4.78 is 5.13. The number of hydrogen-bond acceptors (Lipinski definition) is 3. The fourth-order valence-corrected chi connectivity index (χ4v) is 3.37.